The van der Waals surface area contributed by atoms with Crippen LogP contribution in [0, 0.1) is 5.41 Å². The predicted molar refractivity (Wildman–Crippen MR) is 57.2 cm³/mol. The van der Waals surface area contributed by atoms with Gasteiger partial charge in [-0.3, -0.25) is 14.4 Å². The Morgan fingerprint density at radius 2 is 1.76 bits per heavy atom. The number of piperidine rings is 1. The molecule has 0 N–H and O–H groups in total. The molecule has 6 nitrogen and oxygen atoms in total. The molecule has 0 aromatic rings. The normalized spacial score (nSPS) is 22.7. The van der Waals surface area contributed by atoms with Crippen LogP contribution in [0.5, 0.6) is 0 Å². The van der Waals surface area contributed by atoms with Gasteiger partial charge in [0.25, 0.3) is 0 Å². The highest BCUT2D eigenvalue weighted by Gasteiger charge is 2.51. The van der Waals surface area contributed by atoms with Gasteiger partial charge < -0.3 is 10.4 Å². The maximum atomic E-state index is 11.8. The molecular formula is C11H13N3O3. The number of rotatable bonds is 1. The number of amides is 1. The molecule has 0 bridgehead atoms. The summed E-state index contributed by atoms with van der Waals surface area (Å²) in [6.07, 6.45) is 2.30. The van der Waals surface area contributed by atoms with E-state index in [0.717, 1.165) is 6.21 Å². The van der Waals surface area contributed by atoms with Crippen molar-refractivity contribution in [2.24, 2.45) is 5.41 Å². The van der Waals surface area contributed by atoms with Crippen LogP contribution in [-0.4, -0.2) is 46.5 Å². The van der Waals surface area contributed by atoms with Crippen LogP contribution in [0.2, 0.25) is 0 Å². The second kappa shape index (κ2) is 4.22. The summed E-state index contributed by atoms with van der Waals surface area (Å²) in [4.78, 5) is 39.1. The first-order chi connectivity index (χ1) is 8.10. The summed E-state index contributed by atoms with van der Waals surface area (Å²) in [5.41, 5.74) is 7.44. The molecule has 0 unspecified atom stereocenters. The Balaban J connectivity index is 2.07. The molecule has 1 amide bonds. The number of Topliss-reactive ketones (excluding diaryl/α,β-unsaturated/α-hetero) is 2. The summed E-state index contributed by atoms with van der Waals surface area (Å²) in [5.74, 6) is -0.351. The Morgan fingerprint density at radius 3 is 2.24 bits per heavy atom. The zero-order chi connectivity index (χ0) is 12.5. The first-order valence-corrected chi connectivity index (χ1v) is 5.63. The zero-order valence-electron chi connectivity index (χ0n) is 9.39. The molecule has 1 saturated heterocycles. The highest BCUT2D eigenvalue weighted by Crippen LogP contribution is 2.40. The lowest BCUT2D eigenvalue weighted by molar-refractivity contribution is -0.142. The fraction of sp³-hybridized carbons (Fsp3) is 0.636. The van der Waals surface area contributed by atoms with Crippen molar-refractivity contribution in [3.63, 3.8) is 0 Å². The fourth-order valence-corrected chi connectivity index (χ4v) is 2.66. The predicted octanol–water partition coefficient (Wildman–Crippen LogP) is -0.172. The quantitative estimate of drug-likeness (QED) is 0.273. The maximum Gasteiger partial charge on any atom is 0.344 e. The van der Waals surface area contributed by atoms with E-state index in [1.165, 1.54) is 4.90 Å². The van der Waals surface area contributed by atoms with Crippen LogP contribution in [0.25, 0.3) is 5.53 Å². The summed E-state index contributed by atoms with van der Waals surface area (Å²) < 4.78 is 0. The van der Waals surface area contributed by atoms with Gasteiger partial charge in [-0.25, -0.2) is 0 Å². The van der Waals surface area contributed by atoms with Crippen LogP contribution in [0.4, 0.5) is 0 Å². The molecular weight excluding hydrogens is 222 g/mol. The number of carbonyl (C=O) groups excluding carboxylic acids is 3. The molecule has 2 rings (SSSR count). The molecule has 2 fully saturated rings. The average Bonchev–Trinajstić information content (AvgIpc) is 2.59. The van der Waals surface area contributed by atoms with Crippen molar-refractivity contribution in [3.05, 3.63) is 5.53 Å². The number of carbonyl (C=O) groups is 3. The molecule has 0 aromatic carbocycles. The van der Waals surface area contributed by atoms with Crippen LogP contribution < -0.4 is 0 Å². The number of nitrogens with zero attached hydrogens (tertiary/aromatic N) is 3. The molecule has 2 aliphatic rings. The first kappa shape index (κ1) is 11.7. The molecule has 0 radical (unpaired) electrons. The van der Waals surface area contributed by atoms with Crippen molar-refractivity contribution < 1.29 is 19.2 Å². The molecule has 1 heterocycles. The highest BCUT2D eigenvalue weighted by molar-refractivity contribution is 6.24. The van der Waals surface area contributed by atoms with Crippen LogP contribution in [0.3, 0.4) is 0 Å². The lowest BCUT2D eigenvalue weighted by Crippen LogP contribution is -2.48. The van der Waals surface area contributed by atoms with E-state index in [4.69, 9.17) is 5.53 Å². The molecule has 0 atom stereocenters. The summed E-state index contributed by atoms with van der Waals surface area (Å²) in [6.45, 7) is 0.727. The Bertz CT molecular complexity index is 411. The third-order valence-corrected chi connectivity index (χ3v) is 3.74. The molecule has 90 valence electrons. The minimum absolute atomic E-state index is 0.0189. The minimum Gasteiger partial charge on any atom is -0.361 e. The third kappa shape index (κ3) is 1.80. The minimum atomic E-state index is -0.826. The van der Waals surface area contributed by atoms with Crippen molar-refractivity contribution in [2.45, 2.75) is 25.7 Å². The number of likely N-dealkylation sites (tertiary alicyclic amines) is 1. The Morgan fingerprint density at radius 1 is 1.24 bits per heavy atom. The van der Waals surface area contributed by atoms with Crippen LogP contribution in [0.1, 0.15) is 25.7 Å². The Hall–Kier alpha value is -1.81. The third-order valence-electron chi connectivity index (χ3n) is 3.74. The summed E-state index contributed by atoms with van der Waals surface area (Å²) in [7, 11) is 0. The fourth-order valence-electron chi connectivity index (χ4n) is 2.66. The number of hydrogen-bond donors (Lipinski definition) is 0. The molecule has 1 aliphatic carbocycles. The number of ketones is 2. The molecule has 1 spiro atoms. The summed E-state index contributed by atoms with van der Waals surface area (Å²) in [6, 6.07) is 0. The molecule has 17 heavy (non-hydrogen) atoms. The summed E-state index contributed by atoms with van der Waals surface area (Å²) in [5, 5.41) is 0. The lowest BCUT2D eigenvalue weighted by Gasteiger charge is -2.35. The molecule has 0 aromatic heterocycles. The van der Waals surface area contributed by atoms with E-state index in [0.29, 0.717) is 38.8 Å². The summed E-state index contributed by atoms with van der Waals surface area (Å²) >= 11 is 0. The Labute approximate surface area is 98.2 Å². The van der Waals surface area contributed by atoms with Gasteiger partial charge in [-0.1, -0.05) is 0 Å². The van der Waals surface area contributed by atoms with Crippen LogP contribution in [0.15, 0.2) is 0 Å². The smallest absolute Gasteiger partial charge is 0.344 e. The topological polar surface area (TPSA) is 90.8 Å². The van der Waals surface area contributed by atoms with Gasteiger partial charge in [-0.05, 0) is 12.8 Å². The van der Waals surface area contributed by atoms with Crippen molar-refractivity contribution in [1.29, 1.82) is 0 Å². The van der Waals surface area contributed by atoms with E-state index in [1.807, 2.05) is 0 Å². The van der Waals surface area contributed by atoms with Crippen molar-refractivity contribution in [2.75, 3.05) is 13.1 Å². The van der Waals surface area contributed by atoms with Gasteiger partial charge in [-0.15, -0.1) is 0 Å². The van der Waals surface area contributed by atoms with E-state index in [2.05, 4.69) is 4.79 Å². The van der Waals surface area contributed by atoms with E-state index in [-0.39, 0.29) is 17.5 Å². The van der Waals surface area contributed by atoms with Gasteiger partial charge in [-0.2, -0.15) is 4.79 Å². The lowest BCUT2D eigenvalue weighted by atomic mass is 9.75. The molecule has 1 aliphatic heterocycles. The van der Waals surface area contributed by atoms with Gasteiger partial charge in [0, 0.05) is 25.9 Å². The average molecular weight is 235 g/mol. The number of hydrogen-bond acceptors (Lipinski definition) is 3. The van der Waals surface area contributed by atoms with Gasteiger partial charge in [0.05, 0.1) is 5.41 Å². The van der Waals surface area contributed by atoms with Crippen LogP contribution in [-0.2, 0) is 14.4 Å². The van der Waals surface area contributed by atoms with Gasteiger partial charge in [0.1, 0.15) is 11.6 Å². The van der Waals surface area contributed by atoms with E-state index in [9.17, 15) is 14.4 Å². The van der Waals surface area contributed by atoms with Crippen molar-refractivity contribution in [1.82, 2.24) is 4.90 Å². The molecule has 1 saturated carbocycles. The van der Waals surface area contributed by atoms with E-state index < -0.39 is 5.41 Å². The second-order valence-electron chi connectivity index (χ2n) is 4.50. The highest BCUT2D eigenvalue weighted by atomic mass is 16.2. The van der Waals surface area contributed by atoms with Crippen LogP contribution >= 0.6 is 0 Å². The first-order valence-electron chi connectivity index (χ1n) is 5.63. The standard InChI is InChI=1S/C11H13N3O3/c12-13-7-10(17)14-5-3-11(4-6-14)8(15)1-2-9(11)16/h7H,1-6H2. The monoisotopic (exact) mass is 235 g/mol. The van der Waals surface area contributed by atoms with Gasteiger partial charge in [0.2, 0.25) is 0 Å². The van der Waals surface area contributed by atoms with E-state index in [1.54, 1.807) is 0 Å². The van der Waals surface area contributed by atoms with Crippen molar-refractivity contribution in [3.8, 4) is 0 Å². The Kier molecular flexibility index (Phi) is 2.90. The SMILES string of the molecule is [N-]=[N+]=CC(=O)N1CCC2(CC1)C(=O)CCC2=O. The zero-order valence-corrected chi connectivity index (χ0v) is 9.39. The maximum absolute atomic E-state index is 11.8. The van der Waals surface area contributed by atoms with Crippen molar-refractivity contribution >= 4 is 23.7 Å². The van der Waals surface area contributed by atoms with E-state index >= 15 is 0 Å². The molecule has 6 heteroatoms. The van der Waals surface area contributed by atoms with Gasteiger partial charge >= 0.3 is 12.1 Å². The second-order valence-corrected chi connectivity index (χ2v) is 4.50. The van der Waals surface area contributed by atoms with Gasteiger partial charge in [0.15, 0.2) is 0 Å². The largest absolute Gasteiger partial charge is 0.361 e.